The van der Waals surface area contributed by atoms with E-state index in [1.165, 1.54) is 12.1 Å². The van der Waals surface area contributed by atoms with Crippen molar-refractivity contribution < 1.29 is 9.53 Å². The predicted octanol–water partition coefficient (Wildman–Crippen LogP) is 3.62. The van der Waals surface area contributed by atoms with Crippen molar-refractivity contribution in [1.29, 1.82) is 0 Å². The maximum absolute atomic E-state index is 11.8. The highest BCUT2D eigenvalue weighted by atomic mass is 35.5. The molecule has 0 aliphatic carbocycles. The summed E-state index contributed by atoms with van der Waals surface area (Å²) in [4.78, 5) is 11.8. The lowest BCUT2D eigenvalue weighted by Gasteiger charge is -2.12. The fraction of sp³-hybridized carbons (Fsp3) is 0.308. The molecule has 0 atom stereocenters. The fourth-order valence-corrected chi connectivity index (χ4v) is 1.85. The second-order valence-corrected chi connectivity index (χ2v) is 4.94. The van der Waals surface area contributed by atoms with Gasteiger partial charge in [0, 0.05) is 11.6 Å². The lowest BCUT2D eigenvalue weighted by molar-refractivity contribution is 0.0927. The first kappa shape index (κ1) is 19.1. The van der Waals surface area contributed by atoms with Crippen LogP contribution in [0.15, 0.2) is 24.8 Å². The summed E-state index contributed by atoms with van der Waals surface area (Å²) in [5, 5.41) is 0.563. The fourth-order valence-electron chi connectivity index (χ4n) is 1.25. The molecule has 1 amide bonds. The summed E-state index contributed by atoms with van der Waals surface area (Å²) in [6, 6.07) is 3.14. The van der Waals surface area contributed by atoms with Crippen molar-refractivity contribution in [3.05, 3.63) is 40.4 Å². The molecule has 1 aromatic rings. The van der Waals surface area contributed by atoms with E-state index in [0.29, 0.717) is 17.9 Å². The third-order valence-corrected chi connectivity index (χ3v) is 2.64. The van der Waals surface area contributed by atoms with Gasteiger partial charge < -0.3 is 4.74 Å². The number of benzene rings is 1. The van der Waals surface area contributed by atoms with Gasteiger partial charge in [0.1, 0.15) is 6.61 Å². The minimum absolute atomic E-state index is 0. The molecular weight excluding hydrogens is 323 g/mol. The summed E-state index contributed by atoms with van der Waals surface area (Å²) in [7, 11) is 0. The van der Waals surface area contributed by atoms with Gasteiger partial charge in [-0.1, -0.05) is 35.9 Å². The molecule has 0 bridgehead atoms. The Bertz CT molecular complexity index is 456. The van der Waals surface area contributed by atoms with Crippen molar-refractivity contribution in [2.45, 2.75) is 19.9 Å². The van der Waals surface area contributed by atoms with Gasteiger partial charge in [0.15, 0.2) is 5.75 Å². The molecule has 0 saturated carbocycles. The van der Waals surface area contributed by atoms with E-state index in [4.69, 9.17) is 27.9 Å². The van der Waals surface area contributed by atoms with Crippen LogP contribution in [0.25, 0.3) is 0 Å². The van der Waals surface area contributed by atoms with Gasteiger partial charge in [0.05, 0.1) is 10.0 Å². The van der Waals surface area contributed by atoms with E-state index >= 15 is 0 Å². The van der Waals surface area contributed by atoms with Gasteiger partial charge in [-0.3, -0.25) is 10.2 Å². The van der Waals surface area contributed by atoms with E-state index in [9.17, 15) is 4.79 Å². The Hall–Kier alpha value is -0.940. The van der Waals surface area contributed by atoms with E-state index in [1.54, 1.807) is 6.08 Å². The SMILES string of the molecule is C=CCOc1c(Cl)cc(C(=O)NNC(C)C)cc1Cl.Cl. The summed E-state index contributed by atoms with van der Waals surface area (Å²) in [6.07, 6.45) is 1.58. The highest BCUT2D eigenvalue weighted by Gasteiger charge is 2.14. The second kappa shape index (κ2) is 9.08. The van der Waals surface area contributed by atoms with Crippen LogP contribution >= 0.6 is 35.6 Å². The van der Waals surface area contributed by atoms with Crippen LogP contribution < -0.4 is 15.6 Å². The highest BCUT2D eigenvalue weighted by Crippen LogP contribution is 2.34. The predicted molar refractivity (Wildman–Crippen MR) is 85.1 cm³/mol. The van der Waals surface area contributed by atoms with Crippen LogP contribution in [0.5, 0.6) is 5.75 Å². The number of ether oxygens (including phenoxy) is 1. The number of amides is 1. The van der Waals surface area contributed by atoms with Crippen LogP contribution in [0.4, 0.5) is 0 Å². The summed E-state index contributed by atoms with van der Waals surface area (Å²) in [6.45, 7) is 7.65. The third kappa shape index (κ3) is 5.59. The first-order chi connectivity index (χ1) is 8.95. The number of hydrogen-bond donors (Lipinski definition) is 2. The van der Waals surface area contributed by atoms with Gasteiger partial charge in [-0.25, -0.2) is 5.43 Å². The summed E-state index contributed by atoms with van der Waals surface area (Å²) >= 11 is 12.1. The van der Waals surface area contributed by atoms with Crippen LogP contribution in [0.2, 0.25) is 10.0 Å². The zero-order chi connectivity index (χ0) is 14.4. The first-order valence-corrected chi connectivity index (χ1v) is 6.50. The number of nitrogens with one attached hydrogen (secondary N) is 2. The van der Waals surface area contributed by atoms with E-state index in [-0.39, 0.29) is 34.4 Å². The molecule has 0 aliphatic heterocycles. The van der Waals surface area contributed by atoms with Crippen LogP contribution in [-0.2, 0) is 0 Å². The molecule has 1 rings (SSSR count). The Labute approximate surface area is 134 Å². The topological polar surface area (TPSA) is 50.4 Å². The minimum atomic E-state index is -0.312. The lowest BCUT2D eigenvalue weighted by atomic mass is 10.2. The largest absolute Gasteiger partial charge is 0.486 e. The maximum atomic E-state index is 11.8. The van der Waals surface area contributed by atoms with Gasteiger partial charge >= 0.3 is 0 Å². The molecule has 0 unspecified atom stereocenters. The average Bonchev–Trinajstić information content (AvgIpc) is 2.34. The Morgan fingerprint density at radius 2 is 1.95 bits per heavy atom. The highest BCUT2D eigenvalue weighted by molar-refractivity contribution is 6.37. The van der Waals surface area contributed by atoms with Gasteiger partial charge in [-0.15, -0.1) is 12.4 Å². The minimum Gasteiger partial charge on any atom is -0.486 e. The van der Waals surface area contributed by atoms with Gasteiger partial charge in [0.25, 0.3) is 5.91 Å². The van der Waals surface area contributed by atoms with Crippen molar-refractivity contribution in [3.63, 3.8) is 0 Å². The summed E-state index contributed by atoms with van der Waals surface area (Å²) in [5.41, 5.74) is 5.71. The average molecular weight is 340 g/mol. The lowest BCUT2D eigenvalue weighted by Crippen LogP contribution is -2.41. The number of rotatable bonds is 6. The van der Waals surface area contributed by atoms with Crippen molar-refractivity contribution in [2.75, 3.05) is 6.61 Å². The van der Waals surface area contributed by atoms with Gasteiger partial charge in [0.2, 0.25) is 0 Å². The zero-order valence-corrected chi connectivity index (χ0v) is 13.5. The number of carbonyl (C=O) groups excluding carboxylic acids is 1. The first-order valence-electron chi connectivity index (χ1n) is 5.74. The summed E-state index contributed by atoms with van der Waals surface area (Å²) < 4.78 is 5.32. The molecule has 0 radical (unpaired) electrons. The number of halogens is 3. The Morgan fingerprint density at radius 1 is 1.40 bits per heavy atom. The summed E-state index contributed by atoms with van der Waals surface area (Å²) in [5.74, 6) is 0.0318. The van der Waals surface area contributed by atoms with Crippen LogP contribution in [0, 0.1) is 0 Å². The van der Waals surface area contributed by atoms with E-state index < -0.39 is 0 Å². The van der Waals surface area contributed by atoms with E-state index in [2.05, 4.69) is 17.4 Å². The molecule has 20 heavy (non-hydrogen) atoms. The van der Waals surface area contributed by atoms with Crippen molar-refractivity contribution in [2.24, 2.45) is 0 Å². The van der Waals surface area contributed by atoms with Gasteiger partial charge in [-0.05, 0) is 26.0 Å². The van der Waals surface area contributed by atoms with E-state index in [0.717, 1.165) is 0 Å². The molecule has 7 heteroatoms. The van der Waals surface area contributed by atoms with Crippen molar-refractivity contribution in [1.82, 2.24) is 10.9 Å². The smallest absolute Gasteiger partial charge is 0.265 e. The van der Waals surface area contributed by atoms with Gasteiger partial charge in [-0.2, -0.15) is 0 Å². The van der Waals surface area contributed by atoms with Crippen molar-refractivity contribution >= 4 is 41.5 Å². The molecule has 112 valence electrons. The number of carbonyl (C=O) groups is 1. The molecule has 0 spiro atoms. The van der Waals surface area contributed by atoms with Crippen LogP contribution in [-0.4, -0.2) is 18.6 Å². The Kier molecular flexibility index (Phi) is 8.65. The molecule has 2 N–H and O–H groups in total. The molecule has 0 fully saturated rings. The molecule has 1 aromatic carbocycles. The molecule has 0 heterocycles. The van der Waals surface area contributed by atoms with E-state index in [1.807, 2.05) is 13.8 Å². The Balaban J connectivity index is 0.00000361. The monoisotopic (exact) mass is 338 g/mol. The second-order valence-electron chi connectivity index (χ2n) is 4.12. The number of hydrogen-bond acceptors (Lipinski definition) is 3. The van der Waals surface area contributed by atoms with Crippen LogP contribution in [0.3, 0.4) is 0 Å². The molecule has 0 saturated heterocycles. The standard InChI is InChI=1S/C13H16Cl2N2O2.ClH/c1-4-5-19-12-10(14)6-9(7-11(12)15)13(18)17-16-8(2)3;/h4,6-8,16H,1,5H2,2-3H3,(H,17,18);1H. The zero-order valence-electron chi connectivity index (χ0n) is 11.2. The molecule has 0 aromatic heterocycles. The molecule has 0 aliphatic rings. The molecule has 4 nitrogen and oxygen atoms in total. The molecular formula is C13H17Cl3N2O2. The quantitative estimate of drug-likeness (QED) is 0.615. The van der Waals surface area contributed by atoms with Crippen molar-refractivity contribution in [3.8, 4) is 5.75 Å². The normalized spacial score (nSPS) is 9.85. The Morgan fingerprint density at radius 3 is 2.40 bits per heavy atom. The number of hydrazine groups is 1. The van der Waals surface area contributed by atoms with Crippen LogP contribution in [0.1, 0.15) is 24.2 Å². The third-order valence-electron chi connectivity index (χ3n) is 2.08. The maximum Gasteiger partial charge on any atom is 0.265 e.